The first-order chi connectivity index (χ1) is 20.8. The highest BCUT2D eigenvalue weighted by molar-refractivity contribution is 7.98. The lowest BCUT2D eigenvalue weighted by Gasteiger charge is -2.37. The zero-order valence-electron chi connectivity index (χ0n) is 25.5. The fourth-order valence-electron chi connectivity index (χ4n) is 4.96. The molecule has 242 valence electrons. The number of carbonyl (C=O) groups excluding carboxylic acids is 3. The van der Waals surface area contributed by atoms with E-state index < -0.39 is 51.5 Å². The SMILES string of the molecule is CSCCC(NC(=O)OCc1ccccc1)C(=O)NC1CCC(NC(=O)OC(C)(C)C)CC1CS(=O)(=O)c1ccc(Cl)cc1. The highest BCUT2D eigenvalue weighted by atomic mass is 35.5. The molecule has 13 heteroatoms. The molecule has 0 radical (unpaired) electrons. The maximum Gasteiger partial charge on any atom is 0.408 e. The second-order valence-corrected chi connectivity index (χ2v) is 15.3. The summed E-state index contributed by atoms with van der Waals surface area (Å²) in [6, 6.07) is 13.4. The molecule has 0 heterocycles. The van der Waals surface area contributed by atoms with Crippen molar-refractivity contribution in [3.05, 3.63) is 65.2 Å². The van der Waals surface area contributed by atoms with E-state index in [0.717, 1.165) is 5.56 Å². The molecule has 2 aromatic carbocycles. The number of carbonyl (C=O) groups is 3. The zero-order valence-corrected chi connectivity index (χ0v) is 27.9. The number of nitrogens with one attached hydrogen (secondary N) is 3. The predicted molar refractivity (Wildman–Crippen MR) is 172 cm³/mol. The van der Waals surface area contributed by atoms with E-state index in [1.807, 2.05) is 36.6 Å². The Morgan fingerprint density at radius 1 is 1.00 bits per heavy atom. The minimum atomic E-state index is -3.76. The van der Waals surface area contributed by atoms with Gasteiger partial charge in [0.25, 0.3) is 0 Å². The summed E-state index contributed by atoms with van der Waals surface area (Å²) in [5.74, 6) is -0.598. The largest absolute Gasteiger partial charge is 0.445 e. The van der Waals surface area contributed by atoms with Crippen molar-refractivity contribution < 1.29 is 32.3 Å². The summed E-state index contributed by atoms with van der Waals surface area (Å²) in [7, 11) is -3.76. The van der Waals surface area contributed by atoms with Gasteiger partial charge in [0.15, 0.2) is 9.84 Å². The van der Waals surface area contributed by atoms with E-state index in [1.54, 1.807) is 20.8 Å². The van der Waals surface area contributed by atoms with Crippen LogP contribution in [0.1, 0.15) is 52.0 Å². The van der Waals surface area contributed by atoms with Crippen LogP contribution in [-0.4, -0.2) is 68.0 Å². The van der Waals surface area contributed by atoms with Crippen LogP contribution >= 0.6 is 23.4 Å². The smallest absolute Gasteiger partial charge is 0.408 e. The number of benzene rings is 2. The minimum absolute atomic E-state index is 0.0584. The van der Waals surface area contributed by atoms with Crippen LogP contribution in [0.25, 0.3) is 0 Å². The van der Waals surface area contributed by atoms with Crippen molar-refractivity contribution in [1.29, 1.82) is 0 Å². The van der Waals surface area contributed by atoms with Gasteiger partial charge in [0.1, 0.15) is 18.2 Å². The van der Waals surface area contributed by atoms with Gasteiger partial charge in [-0.15, -0.1) is 0 Å². The number of amides is 3. The summed E-state index contributed by atoms with van der Waals surface area (Å²) in [5.41, 5.74) is 0.127. The summed E-state index contributed by atoms with van der Waals surface area (Å²) in [6.07, 6.45) is 2.18. The average Bonchev–Trinajstić information content (AvgIpc) is 2.95. The third kappa shape index (κ3) is 11.9. The topological polar surface area (TPSA) is 140 Å². The van der Waals surface area contributed by atoms with Crippen LogP contribution in [0.3, 0.4) is 0 Å². The monoisotopic (exact) mass is 667 g/mol. The number of halogens is 1. The van der Waals surface area contributed by atoms with Crippen molar-refractivity contribution in [3.8, 4) is 0 Å². The van der Waals surface area contributed by atoms with Gasteiger partial charge in [0, 0.05) is 17.1 Å². The van der Waals surface area contributed by atoms with Crippen molar-refractivity contribution in [2.75, 3.05) is 17.8 Å². The molecule has 0 saturated heterocycles. The van der Waals surface area contributed by atoms with Crippen LogP contribution in [0.5, 0.6) is 0 Å². The first-order valence-corrected chi connectivity index (χ1v) is 17.9. The highest BCUT2D eigenvalue weighted by Crippen LogP contribution is 2.29. The fraction of sp³-hybridized carbons (Fsp3) is 0.516. The normalized spacial score (nSPS) is 19.3. The molecule has 4 atom stereocenters. The Hall–Kier alpha value is -2.96. The molecule has 1 fully saturated rings. The fourth-order valence-corrected chi connectivity index (χ4v) is 7.23. The Morgan fingerprint density at radius 2 is 1.68 bits per heavy atom. The second-order valence-electron chi connectivity index (χ2n) is 11.8. The maximum atomic E-state index is 13.5. The second kappa shape index (κ2) is 16.4. The van der Waals surface area contributed by atoms with Gasteiger partial charge in [-0.3, -0.25) is 4.79 Å². The van der Waals surface area contributed by atoms with Crippen molar-refractivity contribution in [1.82, 2.24) is 16.0 Å². The van der Waals surface area contributed by atoms with Crippen LogP contribution in [0.4, 0.5) is 9.59 Å². The molecule has 4 unspecified atom stereocenters. The third-order valence-corrected chi connectivity index (χ3v) is 9.82. The van der Waals surface area contributed by atoms with E-state index in [4.69, 9.17) is 21.1 Å². The van der Waals surface area contributed by atoms with E-state index in [2.05, 4.69) is 16.0 Å². The lowest BCUT2D eigenvalue weighted by molar-refractivity contribution is -0.124. The van der Waals surface area contributed by atoms with Gasteiger partial charge in [-0.25, -0.2) is 18.0 Å². The highest BCUT2D eigenvalue weighted by Gasteiger charge is 2.37. The van der Waals surface area contributed by atoms with Crippen molar-refractivity contribution in [2.24, 2.45) is 5.92 Å². The first kappa shape index (κ1) is 35.5. The van der Waals surface area contributed by atoms with Gasteiger partial charge in [-0.2, -0.15) is 11.8 Å². The van der Waals surface area contributed by atoms with Crippen molar-refractivity contribution in [2.45, 2.75) is 81.7 Å². The number of hydrogen-bond donors (Lipinski definition) is 3. The van der Waals surface area contributed by atoms with Gasteiger partial charge in [-0.05, 0) is 94.2 Å². The molecule has 44 heavy (non-hydrogen) atoms. The number of ether oxygens (including phenoxy) is 2. The number of thioether (sulfide) groups is 1. The molecular weight excluding hydrogens is 626 g/mol. The number of rotatable bonds is 12. The molecule has 0 spiro atoms. The third-order valence-electron chi connectivity index (χ3n) is 7.07. The van der Waals surface area contributed by atoms with E-state index in [1.165, 1.54) is 36.0 Å². The molecule has 1 saturated carbocycles. The molecule has 3 rings (SSSR count). The van der Waals surface area contributed by atoms with E-state index >= 15 is 0 Å². The van der Waals surface area contributed by atoms with Gasteiger partial charge in [-0.1, -0.05) is 41.9 Å². The molecule has 3 N–H and O–H groups in total. The lowest BCUT2D eigenvalue weighted by atomic mass is 9.82. The lowest BCUT2D eigenvalue weighted by Crippen LogP contribution is -2.55. The average molecular weight is 668 g/mol. The van der Waals surface area contributed by atoms with Gasteiger partial charge in [0.2, 0.25) is 5.91 Å². The van der Waals surface area contributed by atoms with Gasteiger partial charge < -0.3 is 25.4 Å². The predicted octanol–water partition coefficient (Wildman–Crippen LogP) is 5.34. The molecular formula is C31H42ClN3O7S2. The number of sulfone groups is 1. The summed E-state index contributed by atoms with van der Waals surface area (Å²) in [5, 5.41) is 8.95. The Kier molecular flexibility index (Phi) is 13.2. The summed E-state index contributed by atoms with van der Waals surface area (Å²) in [4.78, 5) is 38.7. The standard InChI is InChI=1S/C31H42ClN3O7S2/c1-31(2,3)42-30(38)33-24-12-15-26(22(18-24)20-44(39,40)25-13-10-23(32)11-14-25)34-28(36)27(16-17-43-4)35-29(37)41-19-21-8-6-5-7-9-21/h5-11,13-14,22,24,26-27H,12,15-20H2,1-4H3,(H,33,38)(H,34,36)(H,35,37). The molecule has 3 amide bonds. The van der Waals surface area contributed by atoms with Crippen molar-refractivity contribution >= 4 is 51.3 Å². The molecule has 1 aliphatic rings. The summed E-state index contributed by atoms with van der Waals surface area (Å²) < 4.78 is 37.6. The van der Waals surface area contributed by atoms with Crippen molar-refractivity contribution in [3.63, 3.8) is 0 Å². The minimum Gasteiger partial charge on any atom is -0.445 e. The summed E-state index contributed by atoms with van der Waals surface area (Å²) >= 11 is 7.50. The molecule has 0 aromatic heterocycles. The van der Waals surface area contributed by atoms with E-state index in [-0.39, 0.29) is 23.3 Å². The van der Waals surface area contributed by atoms with Crippen LogP contribution in [0.2, 0.25) is 5.02 Å². The molecule has 1 aliphatic carbocycles. The van der Waals surface area contributed by atoms with Crippen LogP contribution in [0.15, 0.2) is 59.5 Å². The Balaban J connectivity index is 1.73. The number of hydrogen-bond acceptors (Lipinski definition) is 8. The van der Waals surface area contributed by atoms with Crippen LogP contribution in [0, 0.1) is 5.92 Å². The molecule has 0 aliphatic heterocycles. The molecule has 2 aromatic rings. The van der Waals surface area contributed by atoms with Crippen LogP contribution < -0.4 is 16.0 Å². The maximum absolute atomic E-state index is 13.5. The van der Waals surface area contributed by atoms with E-state index in [9.17, 15) is 22.8 Å². The molecule has 10 nitrogen and oxygen atoms in total. The quantitative estimate of drug-likeness (QED) is 0.276. The molecule has 0 bridgehead atoms. The Morgan fingerprint density at radius 3 is 2.32 bits per heavy atom. The Labute approximate surface area is 269 Å². The number of alkyl carbamates (subject to hydrolysis) is 2. The van der Waals surface area contributed by atoms with Gasteiger partial charge in [0.05, 0.1) is 10.6 Å². The Bertz CT molecular complexity index is 1350. The first-order valence-electron chi connectivity index (χ1n) is 14.5. The van der Waals surface area contributed by atoms with Crippen LogP contribution in [-0.2, 0) is 30.7 Å². The van der Waals surface area contributed by atoms with E-state index in [0.29, 0.717) is 36.5 Å². The van der Waals surface area contributed by atoms with Gasteiger partial charge >= 0.3 is 12.2 Å². The zero-order chi connectivity index (χ0) is 32.3. The summed E-state index contributed by atoms with van der Waals surface area (Å²) in [6.45, 7) is 5.35.